The standard InChI is InChI=1S/C11H14ClN3/c1-7-5-9(12)11-14-8(2)10(3-4-13)15(11)6-7/h5-6H,3-4,13H2,1-2H3. The summed E-state index contributed by atoms with van der Waals surface area (Å²) in [5.41, 5.74) is 9.69. The van der Waals surface area contributed by atoms with Crippen LogP contribution >= 0.6 is 11.6 Å². The Morgan fingerprint density at radius 2 is 2.20 bits per heavy atom. The number of hydrogen-bond acceptors (Lipinski definition) is 2. The number of halogens is 1. The largest absolute Gasteiger partial charge is 0.330 e. The van der Waals surface area contributed by atoms with E-state index in [2.05, 4.69) is 4.98 Å². The lowest BCUT2D eigenvalue weighted by Gasteiger charge is -2.03. The molecule has 2 aromatic rings. The second-order valence-electron chi connectivity index (χ2n) is 3.74. The van der Waals surface area contributed by atoms with Crippen LogP contribution < -0.4 is 5.73 Å². The van der Waals surface area contributed by atoms with Crippen molar-refractivity contribution in [2.45, 2.75) is 20.3 Å². The van der Waals surface area contributed by atoms with Gasteiger partial charge in [0, 0.05) is 18.3 Å². The molecule has 15 heavy (non-hydrogen) atoms. The summed E-state index contributed by atoms with van der Waals surface area (Å²) in [6.07, 6.45) is 2.87. The highest BCUT2D eigenvalue weighted by molar-refractivity contribution is 6.33. The van der Waals surface area contributed by atoms with Crippen LogP contribution in [0.4, 0.5) is 0 Å². The smallest absolute Gasteiger partial charge is 0.156 e. The summed E-state index contributed by atoms with van der Waals surface area (Å²) in [7, 11) is 0. The van der Waals surface area contributed by atoms with Crippen molar-refractivity contribution in [3.05, 3.63) is 34.2 Å². The molecule has 0 aliphatic rings. The molecule has 0 bridgehead atoms. The fourth-order valence-electron chi connectivity index (χ4n) is 1.83. The molecule has 2 aromatic heterocycles. The topological polar surface area (TPSA) is 43.3 Å². The van der Waals surface area contributed by atoms with Gasteiger partial charge < -0.3 is 10.1 Å². The lowest BCUT2D eigenvalue weighted by Crippen LogP contribution is -2.06. The zero-order chi connectivity index (χ0) is 11.0. The van der Waals surface area contributed by atoms with Crippen molar-refractivity contribution < 1.29 is 0 Å². The summed E-state index contributed by atoms with van der Waals surface area (Å²) in [5, 5.41) is 0.696. The molecule has 3 nitrogen and oxygen atoms in total. The predicted octanol–water partition coefficient (Wildman–Crippen LogP) is 2.11. The summed E-state index contributed by atoms with van der Waals surface area (Å²) in [4.78, 5) is 4.45. The summed E-state index contributed by atoms with van der Waals surface area (Å²) < 4.78 is 2.04. The highest BCUT2D eigenvalue weighted by Crippen LogP contribution is 2.21. The van der Waals surface area contributed by atoms with Crippen molar-refractivity contribution in [2.24, 2.45) is 5.73 Å². The maximum absolute atomic E-state index is 6.13. The van der Waals surface area contributed by atoms with Gasteiger partial charge >= 0.3 is 0 Å². The van der Waals surface area contributed by atoms with Gasteiger partial charge in [-0.25, -0.2) is 4.98 Å². The predicted molar refractivity (Wildman–Crippen MR) is 62.4 cm³/mol. The van der Waals surface area contributed by atoms with E-state index in [9.17, 15) is 0 Å². The van der Waals surface area contributed by atoms with Gasteiger partial charge in [-0.05, 0) is 32.0 Å². The van der Waals surface area contributed by atoms with Gasteiger partial charge in [-0.2, -0.15) is 0 Å². The maximum atomic E-state index is 6.13. The Morgan fingerprint density at radius 1 is 1.47 bits per heavy atom. The van der Waals surface area contributed by atoms with E-state index < -0.39 is 0 Å². The summed E-state index contributed by atoms with van der Waals surface area (Å²) in [6, 6.07) is 1.93. The fourth-order valence-corrected chi connectivity index (χ4v) is 2.14. The minimum Gasteiger partial charge on any atom is -0.330 e. The molecule has 0 amide bonds. The average molecular weight is 224 g/mol. The van der Waals surface area contributed by atoms with Crippen molar-refractivity contribution in [1.29, 1.82) is 0 Å². The van der Waals surface area contributed by atoms with Gasteiger partial charge in [-0.3, -0.25) is 0 Å². The number of rotatable bonds is 2. The van der Waals surface area contributed by atoms with E-state index in [1.54, 1.807) is 0 Å². The number of aryl methyl sites for hydroxylation is 2. The van der Waals surface area contributed by atoms with Crippen molar-refractivity contribution in [2.75, 3.05) is 6.54 Å². The summed E-state index contributed by atoms with van der Waals surface area (Å²) >= 11 is 6.13. The van der Waals surface area contributed by atoms with Crippen LogP contribution in [0.3, 0.4) is 0 Å². The minimum absolute atomic E-state index is 0.625. The Bertz CT molecular complexity index is 502. The Labute approximate surface area is 93.9 Å². The van der Waals surface area contributed by atoms with Crippen molar-refractivity contribution in [1.82, 2.24) is 9.38 Å². The summed E-state index contributed by atoms with van der Waals surface area (Å²) in [6.45, 7) is 4.64. The van der Waals surface area contributed by atoms with E-state index in [0.717, 1.165) is 29.0 Å². The molecule has 4 heteroatoms. The zero-order valence-corrected chi connectivity index (χ0v) is 9.67. The van der Waals surface area contributed by atoms with Gasteiger partial charge in [0.25, 0.3) is 0 Å². The third kappa shape index (κ3) is 1.73. The first-order valence-electron chi connectivity index (χ1n) is 4.97. The molecule has 0 spiro atoms. The Balaban J connectivity index is 2.74. The molecule has 0 saturated carbocycles. The molecular formula is C11H14ClN3. The first-order chi connectivity index (χ1) is 7.13. The molecular weight excluding hydrogens is 210 g/mol. The molecule has 0 aliphatic heterocycles. The van der Waals surface area contributed by atoms with Crippen LogP contribution in [0, 0.1) is 13.8 Å². The molecule has 0 unspecified atom stereocenters. The first kappa shape index (κ1) is 10.5. The second kappa shape index (κ2) is 3.83. The third-order valence-electron chi connectivity index (χ3n) is 2.49. The minimum atomic E-state index is 0.625. The van der Waals surface area contributed by atoms with Crippen LogP contribution in [0.15, 0.2) is 12.3 Å². The van der Waals surface area contributed by atoms with Crippen LogP contribution in [-0.2, 0) is 6.42 Å². The molecule has 80 valence electrons. The van der Waals surface area contributed by atoms with Crippen LogP contribution in [-0.4, -0.2) is 15.9 Å². The van der Waals surface area contributed by atoms with Crippen LogP contribution in [0.5, 0.6) is 0 Å². The maximum Gasteiger partial charge on any atom is 0.156 e. The summed E-state index contributed by atoms with van der Waals surface area (Å²) in [5.74, 6) is 0. The number of nitrogens with two attached hydrogens (primary N) is 1. The normalized spacial score (nSPS) is 11.2. The first-order valence-corrected chi connectivity index (χ1v) is 5.35. The number of imidazole rings is 1. The van der Waals surface area contributed by atoms with Crippen molar-refractivity contribution >= 4 is 17.2 Å². The van der Waals surface area contributed by atoms with Gasteiger partial charge in [0.05, 0.1) is 10.7 Å². The van der Waals surface area contributed by atoms with E-state index >= 15 is 0 Å². The van der Waals surface area contributed by atoms with Crippen LogP contribution in [0.2, 0.25) is 5.02 Å². The number of fused-ring (bicyclic) bond motifs is 1. The molecule has 2 heterocycles. The van der Waals surface area contributed by atoms with E-state index in [-0.39, 0.29) is 0 Å². The SMILES string of the molecule is Cc1cc(Cl)c2nc(C)c(CCN)n2c1. The van der Waals surface area contributed by atoms with Gasteiger partial charge in [-0.15, -0.1) is 0 Å². The van der Waals surface area contributed by atoms with E-state index in [1.165, 1.54) is 0 Å². The molecule has 2 N–H and O–H groups in total. The third-order valence-corrected chi connectivity index (χ3v) is 2.77. The zero-order valence-electron chi connectivity index (χ0n) is 8.92. The molecule has 2 rings (SSSR count). The van der Waals surface area contributed by atoms with Crippen LogP contribution in [0.25, 0.3) is 5.65 Å². The number of aromatic nitrogens is 2. The quantitative estimate of drug-likeness (QED) is 0.848. The highest BCUT2D eigenvalue weighted by Gasteiger charge is 2.10. The Hall–Kier alpha value is -1.06. The number of nitrogens with zero attached hydrogens (tertiary/aromatic N) is 2. The molecule has 0 saturated heterocycles. The van der Waals surface area contributed by atoms with Crippen LogP contribution in [0.1, 0.15) is 17.0 Å². The lowest BCUT2D eigenvalue weighted by atomic mass is 10.2. The number of hydrogen-bond donors (Lipinski definition) is 1. The fraction of sp³-hybridized carbons (Fsp3) is 0.364. The van der Waals surface area contributed by atoms with Gasteiger partial charge in [-0.1, -0.05) is 11.6 Å². The van der Waals surface area contributed by atoms with Crippen molar-refractivity contribution in [3.8, 4) is 0 Å². The molecule has 0 radical (unpaired) electrons. The molecule has 0 atom stereocenters. The second-order valence-corrected chi connectivity index (χ2v) is 4.15. The average Bonchev–Trinajstić information content (AvgIpc) is 2.46. The molecule has 0 fully saturated rings. The highest BCUT2D eigenvalue weighted by atomic mass is 35.5. The molecule has 0 aliphatic carbocycles. The monoisotopic (exact) mass is 223 g/mol. The van der Waals surface area contributed by atoms with E-state index in [0.29, 0.717) is 11.6 Å². The van der Waals surface area contributed by atoms with Crippen molar-refractivity contribution in [3.63, 3.8) is 0 Å². The van der Waals surface area contributed by atoms with E-state index in [1.807, 2.05) is 30.5 Å². The molecule has 0 aromatic carbocycles. The Morgan fingerprint density at radius 3 is 2.87 bits per heavy atom. The number of pyridine rings is 1. The van der Waals surface area contributed by atoms with Gasteiger partial charge in [0.1, 0.15) is 0 Å². The Kier molecular flexibility index (Phi) is 2.67. The van der Waals surface area contributed by atoms with Gasteiger partial charge in [0.15, 0.2) is 5.65 Å². The van der Waals surface area contributed by atoms with Gasteiger partial charge in [0.2, 0.25) is 0 Å². The lowest BCUT2D eigenvalue weighted by molar-refractivity contribution is 0.891. The van der Waals surface area contributed by atoms with E-state index in [4.69, 9.17) is 17.3 Å².